The number of hydrogen-bond donors (Lipinski definition) is 0. The first-order valence-corrected chi connectivity index (χ1v) is 25.6. The number of hydrogen-bond acceptors (Lipinski definition) is 0. The molecule has 6 rings (SSSR count). The minimum Gasteiger partial charge on any atom is -0.317 e. The van der Waals surface area contributed by atoms with Crippen LogP contribution in [0.4, 0.5) is 8.22 Å². The molecule has 0 bridgehead atoms. The van der Waals surface area contributed by atoms with Crippen LogP contribution in [0, 0.1) is 0 Å². The van der Waals surface area contributed by atoms with E-state index in [2.05, 4.69) is 24.3 Å². The van der Waals surface area contributed by atoms with E-state index in [0.717, 1.165) is 33.4 Å². The molecule has 0 fully saturated rings. The highest BCUT2D eigenvalue weighted by Gasteiger charge is 2.69. The molecule has 0 aliphatic carbocycles. The number of halogens is 2. The fourth-order valence-electron chi connectivity index (χ4n) is 7.47. The first kappa shape index (κ1) is 32.8. The van der Waals surface area contributed by atoms with Crippen molar-refractivity contribution >= 4 is 23.0 Å². The van der Waals surface area contributed by atoms with Crippen LogP contribution < -0.4 is 0 Å². The standard InChI is InChI=1S/C42H42F2Si3/c43-45(31-37-19-7-1-8-20-37,32-38-21-9-2-10-22-38)47(35-41-27-15-5-16-28-41,36-42-29-17-6-18-30-42)46(44,33-39-23-11-3-12-24-39)34-40-25-13-4-14-26-40/h1-30H,31-36H2. The van der Waals surface area contributed by atoms with Gasteiger partial charge in [0, 0.05) is 0 Å². The molecular formula is C42H42F2Si3. The lowest BCUT2D eigenvalue weighted by atomic mass is 10.2. The summed E-state index contributed by atoms with van der Waals surface area (Å²) in [6.45, 7) is 0. The Labute approximate surface area is 281 Å². The molecule has 0 nitrogen and oxygen atoms in total. The Morgan fingerprint density at radius 2 is 0.426 bits per heavy atom. The molecule has 0 aromatic heterocycles. The number of benzene rings is 6. The fraction of sp³-hybridized carbons (Fsp3) is 0.143. The van der Waals surface area contributed by atoms with E-state index in [1.54, 1.807) is 0 Å². The topological polar surface area (TPSA) is 0 Å². The minimum atomic E-state index is -3.99. The van der Waals surface area contributed by atoms with Crippen molar-refractivity contribution in [3.8, 4) is 0 Å². The summed E-state index contributed by atoms with van der Waals surface area (Å²) in [7, 11) is -11.6. The molecule has 236 valence electrons. The highest BCUT2D eigenvalue weighted by molar-refractivity contribution is 7.66. The van der Waals surface area contributed by atoms with Crippen LogP contribution in [0.2, 0.25) is 0 Å². The summed E-state index contributed by atoms with van der Waals surface area (Å²) in [5, 5.41) is 0. The molecule has 0 aliphatic rings. The predicted molar refractivity (Wildman–Crippen MR) is 200 cm³/mol. The van der Waals surface area contributed by atoms with E-state index < -0.39 is 23.0 Å². The third kappa shape index (κ3) is 7.87. The van der Waals surface area contributed by atoms with E-state index in [1.165, 1.54) is 0 Å². The van der Waals surface area contributed by atoms with Gasteiger partial charge >= 0.3 is 0 Å². The van der Waals surface area contributed by atoms with Crippen molar-refractivity contribution in [1.29, 1.82) is 0 Å². The summed E-state index contributed by atoms with van der Waals surface area (Å²) in [6, 6.07) is 63.1. The highest BCUT2D eigenvalue weighted by atomic mass is 29.7. The maximum atomic E-state index is 19.8. The van der Waals surface area contributed by atoms with Crippen LogP contribution in [0.25, 0.3) is 0 Å². The Bertz CT molecular complexity index is 1570. The zero-order chi connectivity index (χ0) is 32.4. The molecule has 0 atom stereocenters. The second-order valence-corrected chi connectivity index (χ2v) is 33.8. The van der Waals surface area contributed by atoms with Gasteiger partial charge in [-0.25, -0.2) is 0 Å². The Kier molecular flexibility index (Phi) is 10.6. The van der Waals surface area contributed by atoms with Gasteiger partial charge in [0.15, 0.2) is 0 Å². The Morgan fingerprint density at radius 3 is 0.617 bits per heavy atom. The van der Waals surface area contributed by atoms with E-state index in [-0.39, 0.29) is 0 Å². The molecule has 0 saturated heterocycles. The van der Waals surface area contributed by atoms with Gasteiger partial charge in [0.2, 0.25) is 15.9 Å². The molecule has 0 radical (unpaired) electrons. The zero-order valence-corrected chi connectivity index (χ0v) is 29.8. The summed E-state index contributed by atoms with van der Waals surface area (Å²) < 4.78 is 39.5. The van der Waals surface area contributed by atoms with Gasteiger partial charge in [0.05, 0.1) is 0 Å². The van der Waals surface area contributed by atoms with Gasteiger partial charge in [-0.2, -0.15) is 0 Å². The minimum absolute atomic E-state index is 0.316. The highest BCUT2D eigenvalue weighted by Crippen LogP contribution is 2.43. The summed E-state index contributed by atoms with van der Waals surface area (Å²) in [5.41, 5.74) is 6.03. The molecule has 0 saturated carbocycles. The van der Waals surface area contributed by atoms with Crippen LogP contribution >= 0.6 is 0 Å². The van der Waals surface area contributed by atoms with Crippen molar-refractivity contribution in [2.45, 2.75) is 36.3 Å². The van der Waals surface area contributed by atoms with E-state index in [9.17, 15) is 0 Å². The van der Waals surface area contributed by atoms with Crippen LogP contribution in [-0.4, -0.2) is 23.0 Å². The summed E-state index contributed by atoms with van der Waals surface area (Å²) in [6.07, 6.45) is 0. The van der Waals surface area contributed by atoms with Gasteiger partial charge in [-0.3, -0.25) is 0 Å². The molecule has 0 amide bonds. The molecule has 5 heteroatoms. The molecule has 6 aromatic carbocycles. The van der Waals surface area contributed by atoms with Crippen molar-refractivity contribution in [2.24, 2.45) is 0 Å². The van der Waals surface area contributed by atoms with E-state index >= 15 is 8.22 Å². The maximum Gasteiger partial charge on any atom is 0.243 e. The number of rotatable bonds is 14. The van der Waals surface area contributed by atoms with E-state index in [1.807, 2.05) is 158 Å². The van der Waals surface area contributed by atoms with Gasteiger partial charge in [-0.05, 0) is 58.5 Å². The molecule has 47 heavy (non-hydrogen) atoms. The monoisotopic (exact) mass is 668 g/mol. The molecule has 0 N–H and O–H groups in total. The average molecular weight is 669 g/mol. The third-order valence-corrected chi connectivity index (χ3v) is 41.6. The maximum absolute atomic E-state index is 19.8. The van der Waals surface area contributed by atoms with E-state index in [4.69, 9.17) is 0 Å². The zero-order valence-electron chi connectivity index (χ0n) is 26.8. The first-order chi connectivity index (χ1) is 23.0. The van der Waals surface area contributed by atoms with Gasteiger partial charge in [0.25, 0.3) is 0 Å². The van der Waals surface area contributed by atoms with Crippen LogP contribution in [0.5, 0.6) is 0 Å². The van der Waals surface area contributed by atoms with Crippen molar-refractivity contribution in [1.82, 2.24) is 0 Å². The second kappa shape index (κ2) is 15.2. The molecule has 0 spiro atoms. The largest absolute Gasteiger partial charge is 0.317 e. The Morgan fingerprint density at radius 1 is 0.255 bits per heavy atom. The molecule has 6 aromatic rings. The first-order valence-electron chi connectivity index (χ1n) is 16.6. The van der Waals surface area contributed by atoms with Crippen LogP contribution in [0.15, 0.2) is 182 Å². The van der Waals surface area contributed by atoms with Crippen LogP contribution in [0.1, 0.15) is 33.4 Å². The molecule has 0 heterocycles. The van der Waals surface area contributed by atoms with Gasteiger partial charge in [0.1, 0.15) is 7.11 Å². The lowest BCUT2D eigenvalue weighted by Crippen LogP contribution is -2.81. The van der Waals surface area contributed by atoms with Crippen LogP contribution in [0.3, 0.4) is 0 Å². The molecular weight excluding hydrogens is 627 g/mol. The third-order valence-electron chi connectivity index (χ3n) is 9.72. The second-order valence-electron chi connectivity index (χ2n) is 13.0. The lowest BCUT2D eigenvalue weighted by molar-refractivity contribution is 0.758. The Balaban J connectivity index is 1.66. The van der Waals surface area contributed by atoms with Crippen LogP contribution in [-0.2, 0) is 36.3 Å². The Hall–Kier alpha value is -4.17. The predicted octanol–water partition coefficient (Wildman–Crippen LogP) is 10.1. The van der Waals surface area contributed by atoms with Crippen molar-refractivity contribution < 1.29 is 8.22 Å². The smallest absolute Gasteiger partial charge is 0.243 e. The van der Waals surface area contributed by atoms with Gasteiger partial charge in [-0.15, -0.1) is 0 Å². The van der Waals surface area contributed by atoms with Crippen molar-refractivity contribution in [3.63, 3.8) is 0 Å². The van der Waals surface area contributed by atoms with E-state index in [0.29, 0.717) is 36.3 Å². The lowest BCUT2D eigenvalue weighted by Gasteiger charge is -2.50. The molecule has 0 aliphatic heterocycles. The van der Waals surface area contributed by atoms with Gasteiger partial charge < -0.3 is 8.22 Å². The normalized spacial score (nSPS) is 12.1. The van der Waals surface area contributed by atoms with Crippen molar-refractivity contribution in [3.05, 3.63) is 215 Å². The quantitative estimate of drug-likeness (QED) is 0.0801. The SMILES string of the molecule is F[Si](Cc1ccccc1)(Cc1ccccc1)[Si](Cc1ccccc1)(Cc1ccccc1)[Si](F)(Cc1ccccc1)Cc1ccccc1. The van der Waals surface area contributed by atoms with Gasteiger partial charge in [-0.1, -0.05) is 193 Å². The summed E-state index contributed by atoms with van der Waals surface area (Å²) >= 11 is 0. The summed E-state index contributed by atoms with van der Waals surface area (Å²) in [5.74, 6) is 0. The molecule has 0 unspecified atom stereocenters. The van der Waals surface area contributed by atoms with Crippen molar-refractivity contribution in [2.75, 3.05) is 0 Å². The average Bonchev–Trinajstić information content (AvgIpc) is 3.10. The summed E-state index contributed by atoms with van der Waals surface area (Å²) in [4.78, 5) is 0. The fourth-order valence-corrected chi connectivity index (χ4v) is 42.2.